The van der Waals surface area contributed by atoms with Crippen molar-refractivity contribution in [1.82, 2.24) is 9.55 Å². The predicted octanol–water partition coefficient (Wildman–Crippen LogP) is 3.53. The molecule has 0 radical (unpaired) electrons. The van der Waals surface area contributed by atoms with Crippen LogP contribution in [0.15, 0.2) is 18.2 Å². The maximum Gasteiger partial charge on any atom is 0.231 e. The van der Waals surface area contributed by atoms with Gasteiger partial charge in [-0.25, -0.2) is 4.98 Å². The molecule has 1 saturated carbocycles. The van der Waals surface area contributed by atoms with Crippen LogP contribution in [0.25, 0.3) is 11.0 Å². The van der Waals surface area contributed by atoms with Crippen LogP contribution in [-0.2, 0) is 10.5 Å². The first-order valence-corrected chi connectivity index (χ1v) is 8.12. The SMILES string of the molecule is CC(C)(C)CC(=O)N1c2nc3ccc(C#N)cc3n2C12CCC2. The molecule has 4 rings (SSSR count). The van der Waals surface area contributed by atoms with Crippen molar-refractivity contribution in [3.8, 4) is 6.07 Å². The van der Waals surface area contributed by atoms with Gasteiger partial charge >= 0.3 is 0 Å². The number of amides is 1. The fourth-order valence-corrected chi connectivity index (χ4v) is 3.75. The number of aromatic nitrogens is 2. The van der Waals surface area contributed by atoms with Gasteiger partial charge in [-0.1, -0.05) is 20.8 Å². The molecule has 0 bridgehead atoms. The van der Waals surface area contributed by atoms with Crippen LogP contribution in [0.1, 0.15) is 52.0 Å². The minimum absolute atomic E-state index is 0.0393. The molecule has 23 heavy (non-hydrogen) atoms. The van der Waals surface area contributed by atoms with Crippen molar-refractivity contribution in [1.29, 1.82) is 5.26 Å². The monoisotopic (exact) mass is 308 g/mol. The average molecular weight is 308 g/mol. The number of fused-ring (bicyclic) bond motifs is 4. The molecule has 2 heterocycles. The molecule has 1 aliphatic carbocycles. The molecule has 0 atom stereocenters. The van der Waals surface area contributed by atoms with Gasteiger partial charge in [0.2, 0.25) is 11.9 Å². The molecule has 1 amide bonds. The van der Waals surface area contributed by atoms with Crippen molar-refractivity contribution in [2.45, 2.75) is 52.1 Å². The Kier molecular flexibility index (Phi) is 2.69. The van der Waals surface area contributed by atoms with E-state index in [0.717, 1.165) is 36.2 Å². The lowest BCUT2D eigenvalue weighted by Gasteiger charge is -2.58. The summed E-state index contributed by atoms with van der Waals surface area (Å²) in [7, 11) is 0. The summed E-state index contributed by atoms with van der Waals surface area (Å²) in [6, 6.07) is 7.73. The van der Waals surface area contributed by atoms with E-state index in [2.05, 4.69) is 36.4 Å². The Labute approximate surface area is 135 Å². The van der Waals surface area contributed by atoms with Crippen molar-refractivity contribution < 1.29 is 4.79 Å². The minimum atomic E-state index is -0.236. The number of imidazole rings is 1. The van der Waals surface area contributed by atoms with E-state index in [9.17, 15) is 4.79 Å². The molecule has 5 heteroatoms. The van der Waals surface area contributed by atoms with Crippen LogP contribution in [0.5, 0.6) is 0 Å². The Bertz CT molecular complexity index is 861. The van der Waals surface area contributed by atoms with Gasteiger partial charge in [-0.15, -0.1) is 0 Å². The molecule has 1 aromatic heterocycles. The van der Waals surface area contributed by atoms with E-state index in [1.807, 2.05) is 17.0 Å². The van der Waals surface area contributed by atoms with Gasteiger partial charge < -0.3 is 0 Å². The van der Waals surface area contributed by atoms with Crippen LogP contribution in [-0.4, -0.2) is 15.5 Å². The first-order chi connectivity index (χ1) is 10.9. The second-order valence-electron chi connectivity index (χ2n) is 7.87. The van der Waals surface area contributed by atoms with Gasteiger partial charge in [0.15, 0.2) is 0 Å². The Morgan fingerprint density at radius 2 is 2.13 bits per heavy atom. The van der Waals surface area contributed by atoms with E-state index in [1.54, 1.807) is 6.07 Å². The summed E-state index contributed by atoms with van der Waals surface area (Å²) in [6.07, 6.45) is 3.58. The van der Waals surface area contributed by atoms with E-state index in [4.69, 9.17) is 5.26 Å². The standard InChI is InChI=1S/C18H20N4O/c1-17(2,3)10-15(23)22-16-20-13-6-5-12(11-19)9-14(13)21(16)18(22)7-4-8-18/h5-6,9H,4,7-8,10H2,1-3H3. The summed E-state index contributed by atoms with van der Waals surface area (Å²) in [6.45, 7) is 6.25. The predicted molar refractivity (Wildman–Crippen MR) is 87.8 cm³/mol. The molecule has 5 nitrogen and oxygen atoms in total. The van der Waals surface area contributed by atoms with Gasteiger partial charge in [0.05, 0.1) is 22.7 Å². The van der Waals surface area contributed by atoms with Gasteiger partial charge in [-0.2, -0.15) is 5.26 Å². The summed E-state index contributed by atoms with van der Waals surface area (Å²) in [5, 5.41) is 9.14. The third-order valence-corrected chi connectivity index (χ3v) is 4.88. The Morgan fingerprint density at radius 1 is 1.39 bits per heavy atom. The van der Waals surface area contributed by atoms with Gasteiger partial charge in [0.1, 0.15) is 5.66 Å². The first kappa shape index (κ1) is 14.3. The third kappa shape index (κ3) is 1.84. The maximum absolute atomic E-state index is 12.8. The Morgan fingerprint density at radius 3 is 2.70 bits per heavy atom. The van der Waals surface area contributed by atoms with Crippen LogP contribution in [0.3, 0.4) is 0 Å². The van der Waals surface area contributed by atoms with Crippen LogP contribution in [0.4, 0.5) is 5.95 Å². The minimum Gasteiger partial charge on any atom is -0.285 e. The Hall–Kier alpha value is -2.35. The van der Waals surface area contributed by atoms with E-state index in [0.29, 0.717) is 12.0 Å². The maximum atomic E-state index is 12.8. The van der Waals surface area contributed by atoms with E-state index < -0.39 is 0 Å². The second-order valence-corrected chi connectivity index (χ2v) is 7.87. The topological polar surface area (TPSA) is 61.9 Å². The molecule has 1 aromatic carbocycles. The molecule has 0 N–H and O–H groups in total. The van der Waals surface area contributed by atoms with Crippen LogP contribution < -0.4 is 4.90 Å². The zero-order valence-corrected chi connectivity index (χ0v) is 13.8. The van der Waals surface area contributed by atoms with Crippen molar-refractivity contribution >= 4 is 22.9 Å². The van der Waals surface area contributed by atoms with Gasteiger partial charge in [-0.3, -0.25) is 14.3 Å². The average Bonchev–Trinajstić information content (AvgIpc) is 2.69. The number of benzene rings is 1. The second kappa shape index (κ2) is 4.35. The summed E-state index contributed by atoms with van der Waals surface area (Å²) < 4.78 is 2.17. The van der Waals surface area contributed by atoms with Crippen molar-refractivity contribution in [2.75, 3.05) is 4.90 Å². The number of nitriles is 1. The lowest BCUT2D eigenvalue weighted by molar-refractivity contribution is -0.125. The van der Waals surface area contributed by atoms with Crippen molar-refractivity contribution in [3.05, 3.63) is 23.8 Å². The summed E-state index contributed by atoms with van der Waals surface area (Å²) in [4.78, 5) is 19.4. The highest BCUT2D eigenvalue weighted by Crippen LogP contribution is 2.55. The molecule has 1 spiro atoms. The molecule has 2 aliphatic rings. The zero-order chi connectivity index (χ0) is 16.4. The number of carbonyl (C=O) groups excluding carboxylic acids is 1. The lowest BCUT2D eigenvalue weighted by atomic mass is 9.79. The molecular weight excluding hydrogens is 288 g/mol. The Balaban J connectivity index is 1.82. The quantitative estimate of drug-likeness (QED) is 0.809. The molecular formula is C18H20N4O. The molecule has 118 valence electrons. The zero-order valence-electron chi connectivity index (χ0n) is 13.8. The number of carbonyl (C=O) groups is 1. The fourth-order valence-electron chi connectivity index (χ4n) is 3.75. The first-order valence-electron chi connectivity index (χ1n) is 8.12. The van der Waals surface area contributed by atoms with Crippen molar-refractivity contribution in [2.24, 2.45) is 5.41 Å². The smallest absolute Gasteiger partial charge is 0.231 e. The highest BCUT2D eigenvalue weighted by molar-refractivity contribution is 5.99. The number of nitrogens with zero attached hydrogens (tertiary/aromatic N) is 4. The number of rotatable bonds is 1. The molecule has 0 saturated heterocycles. The molecule has 1 fully saturated rings. The highest BCUT2D eigenvalue weighted by Gasteiger charge is 2.58. The highest BCUT2D eigenvalue weighted by atomic mass is 16.2. The summed E-state index contributed by atoms with van der Waals surface area (Å²) in [5.74, 6) is 0.893. The van der Waals surface area contributed by atoms with E-state index in [1.165, 1.54) is 0 Å². The molecule has 1 aliphatic heterocycles. The number of anilines is 1. The normalized spacial score (nSPS) is 18.3. The third-order valence-electron chi connectivity index (χ3n) is 4.88. The van der Waals surface area contributed by atoms with Crippen LogP contribution in [0.2, 0.25) is 0 Å². The lowest BCUT2D eigenvalue weighted by Crippen LogP contribution is -2.66. The largest absolute Gasteiger partial charge is 0.285 e. The number of hydrogen-bond donors (Lipinski definition) is 0. The summed E-state index contributed by atoms with van der Waals surface area (Å²) in [5.41, 5.74) is 2.19. The van der Waals surface area contributed by atoms with Crippen LogP contribution >= 0.6 is 0 Å². The van der Waals surface area contributed by atoms with Gasteiger partial charge in [-0.05, 0) is 42.9 Å². The van der Waals surface area contributed by atoms with Gasteiger partial charge in [0.25, 0.3) is 0 Å². The fraction of sp³-hybridized carbons (Fsp3) is 0.500. The van der Waals surface area contributed by atoms with Crippen LogP contribution in [0, 0.1) is 16.7 Å². The van der Waals surface area contributed by atoms with E-state index in [-0.39, 0.29) is 17.0 Å². The van der Waals surface area contributed by atoms with E-state index >= 15 is 0 Å². The molecule has 2 aromatic rings. The van der Waals surface area contributed by atoms with Crippen molar-refractivity contribution in [3.63, 3.8) is 0 Å². The molecule has 0 unspecified atom stereocenters. The number of hydrogen-bond acceptors (Lipinski definition) is 3. The van der Waals surface area contributed by atoms with Gasteiger partial charge in [0, 0.05) is 6.42 Å². The summed E-state index contributed by atoms with van der Waals surface area (Å²) >= 11 is 0.